The molecule has 0 aliphatic heterocycles. The molecule has 0 aliphatic carbocycles. The molecule has 0 saturated heterocycles. The molecule has 0 aliphatic rings. The summed E-state index contributed by atoms with van der Waals surface area (Å²) < 4.78 is 37.5. The van der Waals surface area contributed by atoms with Crippen LogP contribution in [0.3, 0.4) is 0 Å². The van der Waals surface area contributed by atoms with Gasteiger partial charge < -0.3 is 14.8 Å². The number of nitrogens with one attached hydrogen (secondary N) is 2. The highest BCUT2D eigenvalue weighted by Crippen LogP contribution is 2.29. The predicted molar refractivity (Wildman–Crippen MR) is 97.9 cm³/mol. The lowest BCUT2D eigenvalue weighted by Gasteiger charge is -2.10. The molecule has 0 aromatic heterocycles. The van der Waals surface area contributed by atoms with Crippen molar-refractivity contribution >= 4 is 21.6 Å². The second-order valence-corrected chi connectivity index (χ2v) is 7.32. The summed E-state index contributed by atoms with van der Waals surface area (Å²) in [6.45, 7) is 2.08. The third kappa shape index (κ3) is 6.30. The third-order valence-electron chi connectivity index (χ3n) is 3.28. The van der Waals surface area contributed by atoms with Crippen molar-refractivity contribution in [2.45, 2.75) is 4.90 Å². The van der Waals surface area contributed by atoms with E-state index < -0.39 is 10.0 Å². The minimum atomic E-state index is -3.55. The monoisotopic (exact) mass is 384 g/mol. The minimum Gasteiger partial charge on any atom is -0.456 e. The number of hydrogen-bond acceptors (Lipinski definition) is 5. The molecule has 0 fully saturated rings. The third-order valence-corrected chi connectivity index (χ3v) is 5.06. The topological polar surface area (TPSA) is 76.7 Å². The van der Waals surface area contributed by atoms with Gasteiger partial charge in [-0.2, -0.15) is 0 Å². The van der Waals surface area contributed by atoms with Gasteiger partial charge in [0.25, 0.3) is 0 Å². The zero-order valence-electron chi connectivity index (χ0n) is 13.9. The zero-order valence-corrected chi connectivity index (χ0v) is 15.4. The molecule has 6 nitrogen and oxygen atoms in total. The fraction of sp³-hybridized carbons (Fsp3) is 0.294. The molecular formula is C17H21ClN2O4S. The van der Waals surface area contributed by atoms with Crippen LogP contribution in [-0.2, 0) is 14.8 Å². The number of hydrogen-bond donors (Lipinski definition) is 2. The largest absolute Gasteiger partial charge is 0.456 e. The van der Waals surface area contributed by atoms with Gasteiger partial charge in [0.2, 0.25) is 10.0 Å². The van der Waals surface area contributed by atoms with Gasteiger partial charge in [-0.05, 0) is 36.4 Å². The summed E-state index contributed by atoms with van der Waals surface area (Å²) in [6.07, 6.45) is 0. The minimum absolute atomic E-state index is 0.177. The molecule has 0 heterocycles. The van der Waals surface area contributed by atoms with E-state index in [1.807, 2.05) is 6.07 Å². The molecule has 2 rings (SSSR count). The van der Waals surface area contributed by atoms with Crippen LogP contribution < -0.4 is 14.8 Å². The SMILES string of the molecule is COCCNCCNS(=O)(=O)c1ccc(Oc2ccccc2Cl)cc1. The van der Waals surface area contributed by atoms with E-state index in [-0.39, 0.29) is 4.90 Å². The summed E-state index contributed by atoms with van der Waals surface area (Å²) in [7, 11) is -1.94. The van der Waals surface area contributed by atoms with Gasteiger partial charge in [-0.25, -0.2) is 13.1 Å². The number of methoxy groups -OCH3 is 1. The second-order valence-electron chi connectivity index (χ2n) is 5.14. The van der Waals surface area contributed by atoms with E-state index in [1.165, 1.54) is 12.1 Å². The highest BCUT2D eigenvalue weighted by atomic mass is 35.5. The molecule has 0 saturated carbocycles. The van der Waals surface area contributed by atoms with Gasteiger partial charge in [-0.15, -0.1) is 0 Å². The van der Waals surface area contributed by atoms with Crippen LogP contribution in [-0.4, -0.2) is 41.8 Å². The Labute approximate surface area is 153 Å². The predicted octanol–water partition coefficient (Wildman–Crippen LogP) is 2.65. The number of para-hydroxylation sites is 1. The number of sulfonamides is 1. The summed E-state index contributed by atoms with van der Waals surface area (Å²) in [5.41, 5.74) is 0. The van der Waals surface area contributed by atoms with Crippen LogP contribution >= 0.6 is 11.6 Å². The fourth-order valence-corrected chi connectivity index (χ4v) is 3.20. The average molecular weight is 385 g/mol. The summed E-state index contributed by atoms with van der Waals surface area (Å²) in [5.74, 6) is 1.02. The first kappa shape index (κ1) is 19.7. The first-order valence-electron chi connectivity index (χ1n) is 7.75. The van der Waals surface area contributed by atoms with Crippen LogP contribution in [0.2, 0.25) is 5.02 Å². The second kappa shape index (κ2) is 9.74. The van der Waals surface area contributed by atoms with Gasteiger partial charge in [-0.3, -0.25) is 0 Å². The van der Waals surface area contributed by atoms with Crippen molar-refractivity contribution in [2.75, 3.05) is 33.4 Å². The highest BCUT2D eigenvalue weighted by Gasteiger charge is 2.13. The molecule has 2 aromatic carbocycles. The smallest absolute Gasteiger partial charge is 0.240 e. The summed E-state index contributed by atoms with van der Waals surface area (Å²) in [6, 6.07) is 13.2. The fourth-order valence-electron chi connectivity index (χ4n) is 2.00. The van der Waals surface area contributed by atoms with Crippen molar-refractivity contribution in [1.29, 1.82) is 0 Å². The van der Waals surface area contributed by atoms with Gasteiger partial charge in [-0.1, -0.05) is 23.7 Å². The lowest BCUT2D eigenvalue weighted by atomic mass is 10.3. The van der Waals surface area contributed by atoms with E-state index in [0.717, 1.165) is 0 Å². The normalized spacial score (nSPS) is 11.4. The van der Waals surface area contributed by atoms with Crippen molar-refractivity contribution in [3.63, 3.8) is 0 Å². The molecule has 136 valence electrons. The Morgan fingerprint density at radius 2 is 1.72 bits per heavy atom. The van der Waals surface area contributed by atoms with Crippen molar-refractivity contribution in [3.05, 3.63) is 53.6 Å². The van der Waals surface area contributed by atoms with Crippen LogP contribution in [0.4, 0.5) is 0 Å². The molecule has 0 radical (unpaired) electrons. The van der Waals surface area contributed by atoms with Crippen LogP contribution in [0, 0.1) is 0 Å². The van der Waals surface area contributed by atoms with Gasteiger partial charge in [0.05, 0.1) is 16.5 Å². The molecule has 0 atom stereocenters. The molecule has 0 spiro atoms. The van der Waals surface area contributed by atoms with Gasteiger partial charge >= 0.3 is 0 Å². The van der Waals surface area contributed by atoms with Gasteiger partial charge in [0.15, 0.2) is 0 Å². The van der Waals surface area contributed by atoms with Crippen molar-refractivity contribution in [1.82, 2.24) is 10.0 Å². The Balaban J connectivity index is 1.91. The molecular weight excluding hydrogens is 364 g/mol. The molecule has 0 bridgehead atoms. The highest BCUT2D eigenvalue weighted by molar-refractivity contribution is 7.89. The first-order valence-corrected chi connectivity index (χ1v) is 9.61. The quantitative estimate of drug-likeness (QED) is 0.616. The molecule has 0 amide bonds. The molecule has 2 aromatic rings. The van der Waals surface area contributed by atoms with Crippen LogP contribution in [0.15, 0.2) is 53.4 Å². The number of rotatable bonds is 10. The van der Waals surface area contributed by atoms with Crippen LogP contribution in [0.5, 0.6) is 11.5 Å². The number of ether oxygens (including phenoxy) is 2. The maximum absolute atomic E-state index is 12.2. The van der Waals surface area contributed by atoms with Crippen LogP contribution in [0.25, 0.3) is 0 Å². The van der Waals surface area contributed by atoms with E-state index in [1.54, 1.807) is 37.4 Å². The molecule has 25 heavy (non-hydrogen) atoms. The van der Waals surface area contributed by atoms with Crippen molar-refractivity contribution < 1.29 is 17.9 Å². The Hall–Kier alpha value is -1.64. The van der Waals surface area contributed by atoms with E-state index >= 15 is 0 Å². The van der Waals surface area contributed by atoms with Crippen LogP contribution in [0.1, 0.15) is 0 Å². The Morgan fingerprint density at radius 3 is 2.40 bits per heavy atom. The summed E-state index contributed by atoms with van der Waals surface area (Å²) in [5, 5.41) is 3.56. The maximum Gasteiger partial charge on any atom is 0.240 e. The molecule has 2 N–H and O–H groups in total. The lowest BCUT2D eigenvalue weighted by molar-refractivity contribution is 0.199. The van der Waals surface area contributed by atoms with E-state index in [4.69, 9.17) is 21.1 Å². The summed E-state index contributed by atoms with van der Waals surface area (Å²) >= 11 is 6.04. The Kier molecular flexibility index (Phi) is 7.67. The van der Waals surface area contributed by atoms with Gasteiger partial charge in [0.1, 0.15) is 11.5 Å². The summed E-state index contributed by atoms with van der Waals surface area (Å²) in [4.78, 5) is 0.177. The molecule has 8 heteroatoms. The zero-order chi connectivity index (χ0) is 18.1. The lowest BCUT2D eigenvalue weighted by Crippen LogP contribution is -2.33. The number of benzene rings is 2. The van der Waals surface area contributed by atoms with E-state index in [9.17, 15) is 8.42 Å². The average Bonchev–Trinajstić information content (AvgIpc) is 2.60. The van der Waals surface area contributed by atoms with Crippen molar-refractivity contribution in [3.8, 4) is 11.5 Å². The Morgan fingerprint density at radius 1 is 1.00 bits per heavy atom. The van der Waals surface area contributed by atoms with E-state index in [2.05, 4.69) is 10.0 Å². The standard InChI is InChI=1S/C17H21ClN2O4S/c1-23-13-12-19-10-11-20-25(21,22)15-8-6-14(7-9-15)24-17-5-3-2-4-16(17)18/h2-9,19-20H,10-13H2,1H3. The number of halogens is 1. The Bertz CT molecular complexity index is 766. The maximum atomic E-state index is 12.2. The molecule has 0 unspecified atom stereocenters. The first-order chi connectivity index (χ1) is 12.0. The van der Waals surface area contributed by atoms with E-state index in [0.29, 0.717) is 42.8 Å². The van der Waals surface area contributed by atoms with Crippen molar-refractivity contribution in [2.24, 2.45) is 0 Å². The van der Waals surface area contributed by atoms with Gasteiger partial charge in [0, 0.05) is 26.7 Å².